The van der Waals surface area contributed by atoms with Crippen LogP contribution >= 0.6 is 11.3 Å². The van der Waals surface area contributed by atoms with Crippen LogP contribution in [-0.2, 0) is 6.54 Å². The fourth-order valence-corrected chi connectivity index (χ4v) is 4.29. The molecule has 2 N–H and O–H groups in total. The number of thiazole rings is 1. The molecule has 0 saturated heterocycles. The van der Waals surface area contributed by atoms with E-state index in [2.05, 4.69) is 18.9 Å². The summed E-state index contributed by atoms with van der Waals surface area (Å²) in [6.07, 6.45) is 8.00. The van der Waals surface area contributed by atoms with Gasteiger partial charge in [-0.25, -0.2) is 4.98 Å². The molecule has 0 spiro atoms. The molecule has 0 aromatic carbocycles. The Hall–Kier alpha value is -0.610. The lowest BCUT2D eigenvalue weighted by atomic mass is 9.86. The Balaban J connectivity index is 1.77. The van der Waals surface area contributed by atoms with Gasteiger partial charge < -0.3 is 10.6 Å². The molecule has 2 unspecified atom stereocenters. The summed E-state index contributed by atoms with van der Waals surface area (Å²) in [5.74, 6) is 1.57. The summed E-state index contributed by atoms with van der Waals surface area (Å²) < 4.78 is 0. The van der Waals surface area contributed by atoms with Crippen LogP contribution in [0.3, 0.4) is 0 Å². The summed E-state index contributed by atoms with van der Waals surface area (Å²) in [6, 6.07) is 0.674. The van der Waals surface area contributed by atoms with E-state index in [9.17, 15) is 0 Å². The standard InChI is InChI=1S/C15H25N3S/c1-10-4-3-5-12(8-10)18(2)15-17-14(11-6-7-11)13(9-16)19-15/h10-12H,3-9,16H2,1-2H3. The van der Waals surface area contributed by atoms with Gasteiger partial charge in [0, 0.05) is 30.4 Å². The molecule has 4 heteroatoms. The van der Waals surface area contributed by atoms with Crippen molar-refractivity contribution in [3.8, 4) is 0 Å². The Kier molecular flexibility index (Phi) is 3.81. The lowest BCUT2D eigenvalue weighted by Crippen LogP contribution is -2.35. The third-order valence-corrected chi connectivity index (χ3v) is 5.81. The molecule has 2 fully saturated rings. The van der Waals surface area contributed by atoms with Gasteiger partial charge in [-0.15, -0.1) is 11.3 Å². The number of nitrogens with two attached hydrogens (primary N) is 1. The number of aromatic nitrogens is 1. The molecule has 0 amide bonds. The topological polar surface area (TPSA) is 42.2 Å². The first-order chi connectivity index (χ1) is 9.19. The van der Waals surface area contributed by atoms with Crippen LogP contribution in [0.1, 0.15) is 61.9 Å². The SMILES string of the molecule is CC1CCCC(N(C)c2nc(C3CC3)c(CN)s2)C1. The minimum absolute atomic E-state index is 0.651. The Morgan fingerprint density at radius 2 is 2.11 bits per heavy atom. The van der Waals surface area contributed by atoms with E-state index < -0.39 is 0 Å². The molecule has 3 rings (SSSR count). The highest BCUT2D eigenvalue weighted by molar-refractivity contribution is 7.15. The predicted molar refractivity (Wildman–Crippen MR) is 81.8 cm³/mol. The van der Waals surface area contributed by atoms with Gasteiger partial charge in [0.25, 0.3) is 0 Å². The highest BCUT2D eigenvalue weighted by atomic mass is 32.1. The van der Waals surface area contributed by atoms with Gasteiger partial charge >= 0.3 is 0 Å². The Morgan fingerprint density at radius 1 is 1.32 bits per heavy atom. The third-order valence-electron chi connectivity index (χ3n) is 4.62. The van der Waals surface area contributed by atoms with Crippen molar-refractivity contribution in [2.45, 2.75) is 64.0 Å². The number of hydrogen-bond donors (Lipinski definition) is 1. The smallest absolute Gasteiger partial charge is 0.185 e. The predicted octanol–water partition coefficient (Wildman–Crippen LogP) is 3.49. The molecule has 2 atom stereocenters. The zero-order valence-electron chi connectivity index (χ0n) is 12.1. The molecule has 106 valence electrons. The average molecular weight is 279 g/mol. The maximum Gasteiger partial charge on any atom is 0.185 e. The largest absolute Gasteiger partial charge is 0.348 e. The molecular weight excluding hydrogens is 254 g/mol. The van der Waals surface area contributed by atoms with Crippen molar-refractivity contribution in [3.63, 3.8) is 0 Å². The second-order valence-electron chi connectivity index (χ2n) is 6.32. The van der Waals surface area contributed by atoms with Gasteiger partial charge in [0.15, 0.2) is 5.13 Å². The quantitative estimate of drug-likeness (QED) is 0.917. The van der Waals surface area contributed by atoms with Crippen molar-refractivity contribution in [1.82, 2.24) is 4.98 Å². The van der Waals surface area contributed by atoms with Gasteiger partial charge in [-0.1, -0.05) is 19.8 Å². The average Bonchev–Trinajstić information content (AvgIpc) is 3.17. The Labute approximate surface area is 120 Å². The van der Waals surface area contributed by atoms with Gasteiger partial charge in [0.05, 0.1) is 5.69 Å². The minimum Gasteiger partial charge on any atom is -0.348 e. The van der Waals surface area contributed by atoms with Crippen molar-refractivity contribution in [2.24, 2.45) is 11.7 Å². The Morgan fingerprint density at radius 3 is 2.74 bits per heavy atom. The van der Waals surface area contributed by atoms with E-state index in [0.29, 0.717) is 18.5 Å². The highest BCUT2D eigenvalue weighted by Gasteiger charge is 2.31. The normalized spacial score (nSPS) is 27.5. The van der Waals surface area contributed by atoms with E-state index in [0.717, 1.165) is 5.92 Å². The van der Waals surface area contributed by atoms with Crippen molar-refractivity contribution >= 4 is 16.5 Å². The van der Waals surface area contributed by atoms with Crippen molar-refractivity contribution < 1.29 is 0 Å². The lowest BCUT2D eigenvalue weighted by molar-refractivity contribution is 0.336. The molecule has 19 heavy (non-hydrogen) atoms. The first-order valence-electron chi connectivity index (χ1n) is 7.61. The first kappa shape index (κ1) is 13.4. The number of hydrogen-bond acceptors (Lipinski definition) is 4. The molecule has 0 radical (unpaired) electrons. The maximum atomic E-state index is 5.88. The molecule has 2 aliphatic carbocycles. The monoisotopic (exact) mass is 279 g/mol. The van der Waals surface area contributed by atoms with Gasteiger partial charge in [-0.2, -0.15) is 0 Å². The fourth-order valence-electron chi connectivity index (χ4n) is 3.23. The van der Waals surface area contributed by atoms with Crippen molar-refractivity contribution in [1.29, 1.82) is 0 Å². The summed E-state index contributed by atoms with van der Waals surface area (Å²) in [4.78, 5) is 8.64. The van der Waals surface area contributed by atoms with Crippen LogP contribution in [0, 0.1) is 5.92 Å². The summed E-state index contributed by atoms with van der Waals surface area (Å²) in [5.41, 5.74) is 7.19. The molecule has 1 aromatic rings. The zero-order valence-corrected chi connectivity index (χ0v) is 12.9. The highest BCUT2D eigenvalue weighted by Crippen LogP contribution is 2.44. The van der Waals surface area contributed by atoms with E-state index in [-0.39, 0.29) is 0 Å². The molecule has 1 heterocycles. The molecule has 2 saturated carbocycles. The molecule has 2 aliphatic rings. The molecule has 1 aromatic heterocycles. The summed E-state index contributed by atoms with van der Waals surface area (Å²) in [5, 5.41) is 1.20. The first-order valence-corrected chi connectivity index (χ1v) is 8.43. The Bertz CT molecular complexity index is 439. The lowest BCUT2D eigenvalue weighted by Gasteiger charge is -2.33. The number of nitrogens with zero attached hydrogens (tertiary/aromatic N) is 2. The zero-order chi connectivity index (χ0) is 13.4. The van der Waals surface area contributed by atoms with Gasteiger partial charge in [0.1, 0.15) is 0 Å². The summed E-state index contributed by atoms with van der Waals surface area (Å²) >= 11 is 1.82. The second-order valence-corrected chi connectivity index (χ2v) is 7.38. The third kappa shape index (κ3) is 2.79. The van der Waals surface area contributed by atoms with Crippen molar-refractivity contribution in [2.75, 3.05) is 11.9 Å². The van der Waals surface area contributed by atoms with Crippen LogP contribution in [0.5, 0.6) is 0 Å². The van der Waals surface area contributed by atoms with Gasteiger partial charge in [-0.05, 0) is 31.6 Å². The van der Waals surface area contributed by atoms with E-state index in [1.807, 2.05) is 11.3 Å². The molecular formula is C15H25N3S. The van der Waals surface area contributed by atoms with Gasteiger partial charge in [-0.3, -0.25) is 0 Å². The molecule has 3 nitrogen and oxygen atoms in total. The minimum atomic E-state index is 0.651. The van der Waals surface area contributed by atoms with Crippen LogP contribution < -0.4 is 10.6 Å². The van der Waals surface area contributed by atoms with E-state index in [4.69, 9.17) is 10.7 Å². The van der Waals surface area contributed by atoms with Gasteiger partial charge in [0.2, 0.25) is 0 Å². The number of rotatable bonds is 4. The van der Waals surface area contributed by atoms with E-state index in [1.54, 1.807) is 0 Å². The maximum absolute atomic E-state index is 5.88. The van der Waals surface area contributed by atoms with E-state index in [1.165, 1.54) is 54.2 Å². The summed E-state index contributed by atoms with van der Waals surface area (Å²) in [6.45, 7) is 3.03. The molecule has 0 aliphatic heterocycles. The summed E-state index contributed by atoms with van der Waals surface area (Å²) in [7, 11) is 2.22. The van der Waals surface area contributed by atoms with Crippen LogP contribution in [0.15, 0.2) is 0 Å². The van der Waals surface area contributed by atoms with Crippen LogP contribution in [0.4, 0.5) is 5.13 Å². The second kappa shape index (κ2) is 5.41. The van der Waals surface area contributed by atoms with Crippen LogP contribution in [0.2, 0.25) is 0 Å². The van der Waals surface area contributed by atoms with E-state index >= 15 is 0 Å². The van der Waals surface area contributed by atoms with Crippen LogP contribution in [0.25, 0.3) is 0 Å². The molecule has 0 bridgehead atoms. The van der Waals surface area contributed by atoms with Crippen molar-refractivity contribution in [3.05, 3.63) is 10.6 Å². The fraction of sp³-hybridized carbons (Fsp3) is 0.800. The van der Waals surface area contributed by atoms with Crippen LogP contribution in [-0.4, -0.2) is 18.1 Å². The number of anilines is 1.